The molecule has 0 aliphatic heterocycles. The second-order valence-electron chi connectivity index (χ2n) is 16.2. The van der Waals surface area contributed by atoms with Crippen molar-refractivity contribution < 1.29 is 0 Å². The van der Waals surface area contributed by atoms with E-state index < -0.39 is 0 Å². The van der Waals surface area contributed by atoms with Crippen LogP contribution < -0.4 is 0 Å². The molecule has 0 N–H and O–H groups in total. The zero-order valence-corrected chi connectivity index (χ0v) is 26.2. The van der Waals surface area contributed by atoms with Gasteiger partial charge in [-0.2, -0.15) is 0 Å². The van der Waals surface area contributed by atoms with Crippen LogP contribution in [0, 0.1) is 0 Å². The van der Waals surface area contributed by atoms with Gasteiger partial charge in [-0.25, -0.2) is 0 Å². The maximum Gasteiger partial charge on any atom is -0.0126 e. The normalized spacial score (nSPS) is 14.9. The SMILES string of the molecule is CC(Cc1cccc(C(C)(C)C)c1)c1cc(C(C)(C)C)c(C(C)(C)C)c(C(C)(C)C)c1C(C)(C)C. The van der Waals surface area contributed by atoms with E-state index in [9.17, 15) is 0 Å². The molecule has 0 nitrogen and oxygen atoms in total. The van der Waals surface area contributed by atoms with E-state index >= 15 is 0 Å². The molecule has 35 heavy (non-hydrogen) atoms. The maximum absolute atomic E-state index is 2.61. The van der Waals surface area contributed by atoms with Crippen LogP contribution in [0.1, 0.15) is 156 Å². The summed E-state index contributed by atoms with van der Waals surface area (Å²) in [5.74, 6) is 0.440. The number of hydrogen-bond donors (Lipinski definition) is 0. The highest BCUT2D eigenvalue weighted by atomic mass is 14.4. The first kappa shape index (κ1) is 29.7. The van der Waals surface area contributed by atoms with Gasteiger partial charge in [0, 0.05) is 0 Å². The Morgan fingerprint density at radius 2 is 1.03 bits per heavy atom. The third kappa shape index (κ3) is 6.81. The summed E-state index contributed by atoms with van der Waals surface area (Å²) in [6, 6.07) is 11.9. The molecular weight excluding hydrogens is 420 g/mol. The first-order valence-corrected chi connectivity index (χ1v) is 13.8. The van der Waals surface area contributed by atoms with Crippen molar-refractivity contribution >= 4 is 0 Å². The van der Waals surface area contributed by atoms with E-state index in [0.29, 0.717) is 5.92 Å². The van der Waals surface area contributed by atoms with Gasteiger partial charge in [-0.05, 0) is 78.4 Å². The Hall–Kier alpha value is -1.56. The zero-order valence-electron chi connectivity index (χ0n) is 26.2. The molecule has 0 aromatic heterocycles. The van der Waals surface area contributed by atoms with Gasteiger partial charge in [0.15, 0.2) is 0 Å². The quantitative estimate of drug-likeness (QED) is 0.413. The van der Waals surface area contributed by atoms with Gasteiger partial charge < -0.3 is 0 Å². The Morgan fingerprint density at radius 1 is 0.543 bits per heavy atom. The lowest BCUT2D eigenvalue weighted by Crippen LogP contribution is -2.33. The third-order valence-corrected chi connectivity index (χ3v) is 7.28. The Morgan fingerprint density at radius 3 is 1.43 bits per heavy atom. The highest BCUT2D eigenvalue weighted by Crippen LogP contribution is 2.48. The summed E-state index contributed by atoms with van der Waals surface area (Å²) in [5, 5.41) is 0. The Bertz CT molecular complexity index is 1030. The average Bonchev–Trinajstić information content (AvgIpc) is 2.62. The molecule has 2 rings (SSSR count). The Balaban J connectivity index is 2.92. The van der Waals surface area contributed by atoms with E-state index in [1.54, 1.807) is 22.3 Å². The largest absolute Gasteiger partial charge is 0.0617 e. The van der Waals surface area contributed by atoms with E-state index in [0.717, 1.165) is 6.42 Å². The predicted octanol–water partition coefficient (Wildman–Crippen LogP) is 10.5. The van der Waals surface area contributed by atoms with Crippen LogP contribution in [0.4, 0.5) is 0 Å². The molecule has 0 saturated heterocycles. The zero-order chi connectivity index (χ0) is 27.4. The van der Waals surface area contributed by atoms with Gasteiger partial charge in [0.2, 0.25) is 0 Å². The van der Waals surface area contributed by atoms with Crippen molar-refractivity contribution in [1.82, 2.24) is 0 Å². The van der Waals surface area contributed by atoms with Crippen LogP contribution in [0.2, 0.25) is 0 Å². The van der Waals surface area contributed by atoms with Crippen molar-refractivity contribution in [3.05, 3.63) is 69.3 Å². The molecule has 0 aliphatic rings. The van der Waals surface area contributed by atoms with Gasteiger partial charge in [0.1, 0.15) is 0 Å². The van der Waals surface area contributed by atoms with Crippen LogP contribution in [0.25, 0.3) is 0 Å². The van der Waals surface area contributed by atoms with Crippen molar-refractivity contribution in [2.24, 2.45) is 0 Å². The number of hydrogen-bond acceptors (Lipinski definition) is 0. The Labute approximate surface area is 219 Å². The van der Waals surface area contributed by atoms with Crippen molar-refractivity contribution in [2.75, 3.05) is 0 Å². The molecule has 0 aliphatic carbocycles. The van der Waals surface area contributed by atoms with Crippen LogP contribution in [-0.4, -0.2) is 0 Å². The fraction of sp³-hybridized carbons (Fsp3) is 0.657. The minimum absolute atomic E-state index is 0.0626. The number of rotatable bonds is 3. The smallest absolute Gasteiger partial charge is 0.0126 e. The van der Waals surface area contributed by atoms with E-state index in [1.165, 1.54) is 16.7 Å². The number of benzene rings is 2. The Kier molecular flexibility index (Phi) is 7.96. The first-order valence-electron chi connectivity index (χ1n) is 13.8. The minimum Gasteiger partial charge on any atom is -0.0617 e. The second kappa shape index (κ2) is 9.39. The van der Waals surface area contributed by atoms with Crippen LogP contribution >= 0.6 is 0 Å². The first-order chi connectivity index (χ1) is 15.5. The van der Waals surface area contributed by atoms with Crippen molar-refractivity contribution in [2.45, 2.75) is 150 Å². The fourth-order valence-corrected chi connectivity index (χ4v) is 5.65. The van der Waals surface area contributed by atoms with Gasteiger partial charge in [0.25, 0.3) is 0 Å². The molecule has 0 amide bonds. The summed E-state index contributed by atoms with van der Waals surface area (Å²) in [6.07, 6.45) is 1.06. The van der Waals surface area contributed by atoms with Gasteiger partial charge in [-0.15, -0.1) is 0 Å². The molecule has 1 atom stereocenters. The molecule has 1 unspecified atom stereocenters. The van der Waals surface area contributed by atoms with Crippen LogP contribution in [0.15, 0.2) is 30.3 Å². The van der Waals surface area contributed by atoms with Gasteiger partial charge in [0.05, 0.1) is 0 Å². The topological polar surface area (TPSA) is 0 Å². The molecule has 2 aromatic carbocycles. The summed E-state index contributed by atoms with van der Waals surface area (Å²) in [7, 11) is 0. The third-order valence-electron chi connectivity index (χ3n) is 7.28. The van der Waals surface area contributed by atoms with Crippen LogP contribution in [-0.2, 0) is 33.5 Å². The van der Waals surface area contributed by atoms with E-state index in [1.807, 2.05) is 0 Å². The van der Waals surface area contributed by atoms with E-state index in [2.05, 4.69) is 141 Å². The molecule has 2 aromatic rings. The summed E-state index contributed by atoms with van der Waals surface area (Å²) >= 11 is 0. The summed E-state index contributed by atoms with van der Waals surface area (Å²) in [4.78, 5) is 0. The summed E-state index contributed by atoms with van der Waals surface area (Å²) in [5.41, 5.74) is 11.1. The fourth-order valence-electron chi connectivity index (χ4n) is 5.65. The standard InChI is InChI=1S/C35H56/c1-23(20-24-18-17-19-25(21-24)31(2,3)4)26-22-27(32(5,6)7)29(34(11,12)13)30(35(14,15)16)28(26)33(8,9)10/h17-19,21-23H,20H2,1-16H3. The highest BCUT2D eigenvalue weighted by molar-refractivity contribution is 5.57. The monoisotopic (exact) mass is 476 g/mol. The van der Waals surface area contributed by atoms with Gasteiger partial charge >= 0.3 is 0 Å². The molecular formula is C35H56. The van der Waals surface area contributed by atoms with E-state index in [4.69, 9.17) is 0 Å². The lowest BCUT2D eigenvalue weighted by Gasteiger charge is -2.42. The van der Waals surface area contributed by atoms with Crippen LogP contribution in [0.3, 0.4) is 0 Å². The lowest BCUT2D eigenvalue weighted by atomic mass is 9.62. The molecule has 0 heteroatoms. The summed E-state index contributed by atoms with van der Waals surface area (Å²) < 4.78 is 0. The molecule has 0 saturated carbocycles. The maximum atomic E-state index is 2.61. The second-order valence-corrected chi connectivity index (χ2v) is 16.2. The average molecular weight is 477 g/mol. The summed E-state index contributed by atoms with van der Waals surface area (Å²) in [6.45, 7) is 38.3. The predicted molar refractivity (Wildman–Crippen MR) is 159 cm³/mol. The molecule has 0 radical (unpaired) electrons. The highest BCUT2D eigenvalue weighted by Gasteiger charge is 2.38. The van der Waals surface area contributed by atoms with Gasteiger partial charge in [-0.1, -0.05) is 141 Å². The minimum atomic E-state index is 0.0626. The van der Waals surface area contributed by atoms with Crippen molar-refractivity contribution in [3.63, 3.8) is 0 Å². The molecule has 0 fully saturated rings. The van der Waals surface area contributed by atoms with Crippen molar-refractivity contribution in [3.8, 4) is 0 Å². The van der Waals surface area contributed by atoms with E-state index in [-0.39, 0.29) is 27.1 Å². The molecule has 0 heterocycles. The molecule has 0 spiro atoms. The van der Waals surface area contributed by atoms with Crippen LogP contribution in [0.5, 0.6) is 0 Å². The molecule has 196 valence electrons. The van der Waals surface area contributed by atoms with Crippen molar-refractivity contribution in [1.29, 1.82) is 0 Å². The van der Waals surface area contributed by atoms with Gasteiger partial charge in [-0.3, -0.25) is 0 Å². The lowest BCUT2D eigenvalue weighted by molar-refractivity contribution is 0.470. The molecule has 0 bridgehead atoms.